The molecule has 1 heterocycles. The number of carbonyl (C=O) groups is 1. The molecule has 0 radical (unpaired) electrons. The van der Waals surface area contributed by atoms with Crippen molar-refractivity contribution in [3.05, 3.63) is 87.3 Å². The lowest BCUT2D eigenvalue weighted by molar-refractivity contribution is 0.0732. The summed E-state index contributed by atoms with van der Waals surface area (Å²) >= 11 is 0. The van der Waals surface area contributed by atoms with Crippen LogP contribution in [0, 0.1) is 11.6 Å². The summed E-state index contributed by atoms with van der Waals surface area (Å²) in [5, 5.41) is 0.670. The molecule has 3 rings (SSSR count). The smallest absolute Gasteiger partial charge is 0.343 e. The number of benzene rings is 2. The fraction of sp³-hybridized carbons (Fsp3) is 0.143. The summed E-state index contributed by atoms with van der Waals surface area (Å²) in [6.45, 7) is 3.81. The molecule has 0 bridgehead atoms. The standard InChI is InChI=1S/C21H16F2O4/c1-12(2)3-6-17-18(7-4-13-5-8-19(24)27-20(13)17)26-21(25)14-9-15(22)11-16(23)10-14/h3-5,7-11H,6H2,1-2H3. The largest absolute Gasteiger partial charge is 0.422 e. The van der Waals surface area contributed by atoms with Gasteiger partial charge in [-0.25, -0.2) is 18.4 Å². The van der Waals surface area contributed by atoms with E-state index in [1.54, 1.807) is 18.2 Å². The highest BCUT2D eigenvalue weighted by atomic mass is 19.1. The van der Waals surface area contributed by atoms with Gasteiger partial charge in [-0.3, -0.25) is 0 Å². The molecule has 0 atom stereocenters. The van der Waals surface area contributed by atoms with E-state index in [0.717, 1.165) is 17.7 Å². The van der Waals surface area contributed by atoms with Crippen LogP contribution in [0.5, 0.6) is 5.75 Å². The first-order valence-corrected chi connectivity index (χ1v) is 8.21. The van der Waals surface area contributed by atoms with Crippen molar-refractivity contribution in [2.75, 3.05) is 0 Å². The summed E-state index contributed by atoms with van der Waals surface area (Å²) in [6.07, 6.45) is 2.24. The predicted octanol–water partition coefficient (Wildman–Crippen LogP) is 4.80. The molecule has 138 valence electrons. The van der Waals surface area contributed by atoms with E-state index < -0.39 is 23.2 Å². The molecule has 0 saturated heterocycles. The van der Waals surface area contributed by atoms with Crippen LogP contribution in [0.4, 0.5) is 8.78 Å². The van der Waals surface area contributed by atoms with Crippen molar-refractivity contribution in [2.24, 2.45) is 0 Å². The molecule has 0 aliphatic carbocycles. The van der Waals surface area contributed by atoms with Crippen molar-refractivity contribution in [3.8, 4) is 5.75 Å². The highest BCUT2D eigenvalue weighted by molar-refractivity contribution is 5.92. The molecule has 0 aliphatic heterocycles. The summed E-state index contributed by atoms with van der Waals surface area (Å²) < 4.78 is 37.4. The van der Waals surface area contributed by atoms with Crippen LogP contribution in [0.3, 0.4) is 0 Å². The SMILES string of the molecule is CC(C)=CCc1c(OC(=O)c2cc(F)cc(F)c2)ccc2ccc(=O)oc12. The van der Waals surface area contributed by atoms with Gasteiger partial charge in [0.15, 0.2) is 0 Å². The van der Waals surface area contributed by atoms with E-state index in [-0.39, 0.29) is 11.3 Å². The van der Waals surface area contributed by atoms with Crippen molar-refractivity contribution in [3.63, 3.8) is 0 Å². The molecule has 0 N–H and O–H groups in total. The maximum absolute atomic E-state index is 13.4. The van der Waals surface area contributed by atoms with E-state index in [1.165, 1.54) is 6.07 Å². The van der Waals surface area contributed by atoms with Crippen LogP contribution >= 0.6 is 0 Å². The second kappa shape index (κ2) is 7.53. The summed E-state index contributed by atoms with van der Waals surface area (Å²) in [5.41, 5.74) is 1.04. The minimum atomic E-state index is -0.913. The second-order valence-electron chi connectivity index (χ2n) is 6.25. The molecule has 4 nitrogen and oxygen atoms in total. The minimum absolute atomic E-state index is 0.156. The molecule has 0 saturated carbocycles. The molecule has 0 amide bonds. The highest BCUT2D eigenvalue weighted by Crippen LogP contribution is 2.29. The van der Waals surface area contributed by atoms with Crippen LogP contribution < -0.4 is 10.4 Å². The molecular formula is C21H16F2O4. The van der Waals surface area contributed by atoms with Crippen molar-refractivity contribution in [2.45, 2.75) is 20.3 Å². The van der Waals surface area contributed by atoms with Gasteiger partial charge in [0.1, 0.15) is 23.0 Å². The molecule has 0 aliphatic rings. The zero-order valence-corrected chi connectivity index (χ0v) is 14.7. The third-order valence-corrected chi connectivity index (χ3v) is 3.86. The number of ether oxygens (including phenoxy) is 1. The van der Waals surface area contributed by atoms with Crippen molar-refractivity contribution >= 4 is 16.9 Å². The Bertz CT molecular complexity index is 1090. The van der Waals surface area contributed by atoms with E-state index >= 15 is 0 Å². The van der Waals surface area contributed by atoms with Crippen molar-refractivity contribution < 1.29 is 22.7 Å². The average Bonchev–Trinajstić information content (AvgIpc) is 2.59. The van der Waals surface area contributed by atoms with Gasteiger partial charge in [-0.2, -0.15) is 0 Å². The van der Waals surface area contributed by atoms with Gasteiger partial charge in [0.2, 0.25) is 0 Å². The molecule has 27 heavy (non-hydrogen) atoms. The fourth-order valence-corrected chi connectivity index (χ4v) is 2.60. The normalized spacial score (nSPS) is 10.7. The van der Waals surface area contributed by atoms with Crippen LogP contribution in [-0.4, -0.2) is 5.97 Å². The van der Waals surface area contributed by atoms with Crippen LogP contribution in [0.25, 0.3) is 11.0 Å². The zero-order chi connectivity index (χ0) is 19.6. The van der Waals surface area contributed by atoms with E-state index in [9.17, 15) is 18.4 Å². The van der Waals surface area contributed by atoms with Gasteiger partial charge in [-0.15, -0.1) is 0 Å². The number of carbonyl (C=O) groups excluding carboxylic acids is 1. The van der Waals surface area contributed by atoms with E-state index in [2.05, 4.69) is 0 Å². The highest BCUT2D eigenvalue weighted by Gasteiger charge is 2.17. The molecule has 0 unspecified atom stereocenters. The van der Waals surface area contributed by atoms with E-state index in [1.807, 2.05) is 19.9 Å². The molecule has 0 spiro atoms. The minimum Gasteiger partial charge on any atom is -0.422 e. The van der Waals surface area contributed by atoms with Crippen molar-refractivity contribution in [1.29, 1.82) is 0 Å². The quantitative estimate of drug-likeness (QED) is 0.287. The number of halogens is 2. The summed E-state index contributed by atoms with van der Waals surface area (Å²) in [4.78, 5) is 24.0. The number of hydrogen-bond acceptors (Lipinski definition) is 4. The Morgan fingerprint density at radius 1 is 1.07 bits per heavy atom. The van der Waals surface area contributed by atoms with Gasteiger partial charge in [0.25, 0.3) is 0 Å². The average molecular weight is 370 g/mol. The third-order valence-electron chi connectivity index (χ3n) is 3.86. The first-order valence-electron chi connectivity index (χ1n) is 8.21. The first-order chi connectivity index (χ1) is 12.8. The molecule has 0 fully saturated rings. The van der Waals surface area contributed by atoms with Gasteiger partial charge in [-0.1, -0.05) is 11.6 Å². The summed E-state index contributed by atoms with van der Waals surface area (Å²) in [7, 11) is 0. The van der Waals surface area contributed by atoms with Crippen LogP contribution in [0.2, 0.25) is 0 Å². The van der Waals surface area contributed by atoms with Gasteiger partial charge < -0.3 is 9.15 Å². The maximum atomic E-state index is 13.4. The Kier molecular flexibility index (Phi) is 5.16. The lowest BCUT2D eigenvalue weighted by Crippen LogP contribution is -2.11. The maximum Gasteiger partial charge on any atom is 0.343 e. The Morgan fingerprint density at radius 3 is 2.41 bits per heavy atom. The molecule has 3 aromatic rings. The van der Waals surface area contributed by atoms with Crippen LogP contribution in [0.15, 0.2) is 63.3 Å². The number of fused-ring (bicyclic) bond motifs is 1. The van der Waals surface area contributed by atoms with E-state index in [0.29, 0.717) is 29.0 Å². The number of esters is 1. The second-order valence-corrected chi connectivity index (χ2v) is 6.25. The lowest BCUT2D eigenvalue weighted by Gasteiger charge is -2.11. The monoisotopic (exact) mass is 370 g/mol. The Morgan fingerprint density at radius 2 is 1.74 bits per heavy atom. The zero-order valence-electron chi connectivity index (χ0n) is 14.7. The topological polar surface area (TPSA) is 56.5 Å². The molecule has 1 aromatic heterocycles. The fourth-order valence-electron chi connectivity index (χ4n) is 2.60. The Labute approximate surface area is 153 Å². The van der Waals surface area contributed by atoms with Crippen molar-refractivity contribution in [1.82, 2.24) is 0 Å². The summed E-state index contributed by atoms with van der Waals surface area (Å²) in [6, 6.07) is 8.56. The Balaban J connectivity index is 2.07. The number of hydrogen-bond donors (Lipinski definition) is 0. The number of rotatable bonds is 4. The van der Waals surface area contributed by atoms with Crippen LogP contribution in [0.1, 0.15) is 29.8 Å². The van der Waals surface area contributed by atoms with Gasteiger partial charge in [0, 0.05) is 23.1 Å². The Hall–Kier alpha value is -3.28. The van der Waals surface area contributed by atoms with Crippen LogP contribution in [-0.2, 0) is 6.42 Å². The number of allylic oxidation sites excluding steroid dienone is 2. The molecule has 2 aromatic carbocycles. The van der Waals surface area contributed by atoms with Gasteiger partial charge >= 0.3 is 11.6 Å². The van der Waals surface area contributed by atoms with E-state index in [4.69, 9.17) is 9.15 Å². The van der Waals surface area contributed by atoms with Gasteiger partial charge in [-0.05, 0) is 50.6 Å². The third kappa shape index (κ3) is 4.28. The lowest BCUT2D eigenvalue weighted by atomic mass is 10.1. The summed E-state index contributed by atoms with van der Waals surface area (Å²) in [5.74, 6) is -2.51. The molecular weight excluding hydrogens is 354 g/mol. The first kappa shape index (κ1) is 18.5. The molecule has 6 heteroatoms. The predicted molar refractivity (Wildman–Crippen MR) is 96.9 cm³/mol. The van der Waals surface area contributed by atoms with Gasteiger partial charge in [0.05, 0.1) is 5.56 Å².